The summed E-state index contributed by atoms with van der Waals surface area (Å²) in [6, 6.07) is 8.00. The van der Waals surface area contributed by atoms with E-state index in [9.17, 15) is 18.0 Å². The molecule has 3 unspecified atom stereocenters. The number of amides is 1. The average molecular weight is 625 g/mol. The molecule has 2 saturated heterocycles. The summed E-state index contributed by atoms with van der Waals surface area (Å²) in [4.78, 5) is 27.3. The minimum atomic E-state index is -4.13. The number of rotatable bonds is 13. The van der Waals surface area contributed by atoms with Crippen molar-refractivity contribution in [1.82, 2.24) is 15.4 Å². The van der Waals surface area contributed by atoms with Crippen LogP contribution in [0, 0.1) is 17.8 Å². The van der Waals surface area contributed by atoms with Crippen LogP contribution in [0.4, 0.5) is 5.69 Å². The first-order valence-electron chi connectivity index (χ1n) is 14.8. The van der Waals surface area contributed by atoms with Gasteiger partial charge in [-0.25, -0.2) is 13.1 Å². The quantitative estimate of drug-likeness (QED) is 0.243. The van der Waals surface area contributed by atoms with Gasteiger partial charge in [0.25, 0.3) is 0 Å². The van der Waals surface area contributed by atoms with Crippen molar-refractivity contribution in [3.05, 3.63) is 35.7 Å². The number of anilines is 1. The van der Waals surface area contributed by atoms with Gasteiger partial charge in [0.15, 0.2) is 5.78 Å². The summed E-state index contributed by atoms with van der Waals surface area (Å²) in [5.74, 6) is 0.330. The number of halogens is 1. The van der Waals surface area contributed by atoms with Crippen LogP contribution < -0.4 is 20.7 Å². The van der Waals surface area contributed by atoms with E-state index in [4.69, 9.17) is 0 Å². The number of carbonyl (C=O) groups excluding carboxylic acids is 2. The van der Waals surface area contributed by atoms with Crippen LogP contribution in [0.15, 0.2) is 40.6 Å². The summed E-state index contributed by atoms with van der Waals surface area (Å²) in [6.45, 7) is 7.32. The summed E-state index contributed by atoms with van der Waals surface area (Å²) in [5, 5.41) is 11.5. The van der Waals surface area contributed by atoms with Gasteiger partial charge >= 0.3 is 0 Å². The summed E-state index contributed by atoms with van der Waals surface area (Å²) in [5.41, 5.74) is 0.909. The summed E-state index contributed by atoms with van der Waals surface area (Å²) in [6.07, 6.45) is 6.50. The van der Waals surface area contributed by atoms with Crippen molar-refractivity contribution in [2.45, 2.75) is 76.2 Å². The molecule has 0 bridgehead atoms. The van der Waals surface area contributed by atoms with Crippen LogP contribution in [0.1, 0.15) is 65.2 Å². The molecule has 11 heteroatoms. The van der Waals surface area contributed by atoms with E-state index in [0.717, 1.165) is 63.0 Å². The molecule has 228 valence electrons. The molecule has 2 fully saturated rings. The van der Waals surface area contributed by atoms with Crippen molar-refractivity contribution in [2.75, 3.05) is 31.5 Å². The number of ketones is 1. The summed E-state index contributed by atoms with van der Waals surface area (Å²) >= 11 is 1.48. The third kappa shape index (κ3) is 8.84. The Morgan fingerprint density at radius 2 is 1.80 bits per heavy atom. The van der Waals surface area contributed by atoms with Crippen LogP contribution in [-0.2, 0) is 19.6 Å². The summed E-state index contributed by atoms with van der Waals surface area (Å²) < 4.78 is 30.9. The van der Waals surface area contributed by atoms with E-state index in [1.165, 1.54) is 17.4 Å². The fourth-order valence-electron chi connectivity index (χ4n) is 6.03. The number of hydrogen-bond donors (Lipinski definition) is 4. The Hall–Kier alpha value is -1.82. The minimum absolute atomic E-state index is 0. The maximum Gasteiger partial charge on any atom is 0.243 e. The average Bonchev–Trinajstić information content (AvgIpc) is 3.51. The lowest BCUT2D eigenvalue weighted by Crippen LogP contribution is -2.50. The smallest absolute Gasteiger partial charge is 0.243 e. The van der Waals surface area contributed by atoms with Crippen LogP contribution in [0.2, 0.25) is 0 Å². The Kier molecular flexibility index (Phi) is 13.3. The number of carbonyl (C=O) groups is 2. The molecule has 1 amide bonds. The van der Waals surface area contributed by atoms with Crippen molar-refractivity contribution in [3.8, 4) is 10.4 Å². The fraction of sp³-hybridized carbons (Fsp3) is 0.600. The van der Waals surface area contributed by atoms with Gasteiger partial charge in [-0.05, 0) is 74.7 Å². The van der Waals surface area contributed by atoms with Gasteiger partial charge in [-0.3, -0.25) is 9.59 Å². The van der Waals surface area contributed by atoms with Gasteiger partial charge < -0.3 is 16.0 Å². The number of Topliss-reactive ketones (excluding diaryl/α,β-unsaturated/α-hetero) is 1. The largest absolute Gasteiger partial charge is 0.324 e. The Morgan fingerprint density at radius 3 is 2.49 bits per heavy atom. The molecule has 3 heterocycles. The number of para-hydroxylation sites is 1. The zero-order valence-corrected chi connectivity index (χ0v) is 26.6. The Balaban J connectivity index is 0.00000462. The predicted octanol–water partition coefficient (Wildman–Crippen LogP) is 5.21. The molecule has 2 aliphatic rings. The molecule has 41 heavy (non-hydrogen) atoms. The SMILES string of the molecule is CCC(=O)Nc1c(-c2cccs2)cccc1S(=O)(=O)NC(CCCC1CCNCC1)C(=O)C1CNCCC1CC.Cl. The highest BCUT2D eigenvalue weighted by Gasteiger charge is 2.36. The highest BCUT2D eigenvalue weighted by Crippen LogP contribution is 2.37. The summed E-state index contributed by atoms with van der Waals surface area (Å²) in [7, 11) is -4.13. The normalized spacial score (nSPS) is 20.6. The molecular formula is C30H45ClN4O4S2. The van der Waals surface area contributed by atoms with Gasteiger partial charge in [-0.2, -0.15) is 0 Å². The van der Waals surface area contributed by atoms with Crippen molar-refractivity contribution >= 4 is 51.1 Å². The molecule has 4 rings (SSSR count). The third-order valence-electron chi connectivity index (χ3n) is 8.41. The first kappa shape index (κ1) is 33.7. The van der Waals surface area contributed by atoms with Crippen LogP contribution in [0.25, 0.3) is 10.4 Å². The molecule has 0 aliphatic carbocycles. The Labute approximate surface area is 255 Å². The highest BCUT2D eigenvalue weighted by atomic mass is 35.5. The van der Waals surface area contributed by atoms with E-state index in [1.807, 2.05) is 23.6 Å². The number of piperidine rings is 2. The van der Waals surface area contributed by atoms with Gasteiger partial charge in [0.1, 0.15) is 4.90 Å². The van der Waals surface area contributed by atoms with E-state index in [2.05, 4.69) is 27.6 Å². The first-order valence-corrected chi connectivity index (χ1v) is 17.1. The van der Waals surface area contributed by atoms with Crippen molar-refractivity contribution < 1.29 is 18.0 Å². The molecule has 2 aliphatic heterocycles. The molecule has 8 nitrogen and oxygen atoms in total. The lowest BCUT2D eigenvalue weighted by Gasteiger charge is -2.33. The maximum absolute atomic E-state index is 14.0. The zero-order chi connectivity index (χ0) is 28.5. The van der Waals surface area contributed by atoms with E-state index in [-0.39, 0.29) is 52.9 Å². The first-order chi connectivity index (χ1) is 19.3. The second kappa shape index (κ2) is 16.1. The van der Waals surface area contributed by atoms with E-state index in [1.54, 1.807) is 13.0 Å². The number of hydrogen-bond acceptors (Lipinski definition) is 7. The second-order valence-electron chi connectivity index (χ2n) is 11.0. The van der Waals surface area contributed by atoms with E-state index >= 15 is 0 Å². The van der Waals surface area contributed by atoms with Gasteiger partial charge in [0.2, 0.25) is 15.9 Å². The molecule has 2 aromatic rings. The van der Waals surface area contributed by atoms with Crippen molar-refractivity contribution in [3.63, 3.8) is 0 Å². The van der Waals surface area contributed by atoms with Gasteiger partial charge in [-0.1, -0.05) is 51.3 Å². The third-order valence-corrected chi connectivity index (χ3v) is 10.8. The lowest BCUT2D eigenvalue weighted by atomic mass is 9.79. The van der Waals surface area contributed by atoms with Gasteiger partial charge in [-0.15, -0.1) is 23.7 Å². The zero-order valence-electron chi connectivity index (χ0n) is 24.1. The number of sulfonamides is 1. The topological polar surface area (TPSA) is 116 Å². The second-order valence-corrected chi connectivity index (χ2v) is 13.7. The van der Waals surface area contributed by atoms with Crippen molar-refractivity contribution in [1.29, 1.82) is 0 Å². The van der Waals surface area contributed by atoms with Crippen LogP contribution in [-0.4, -0.2) is 52.3 Å². The Bertz CT molecular complexity index is 1230. The number of thiophene rings is 1. The molecule has 4 N–H and O–H groups in total. The van der Waals surface area contributed by atoms with E-state index in [0.29, 0.717) is 24.4 Å². The maximum atomic E-state index is 14.0. The molecule has 0 radical (unpaired) electrons. The van der Waals surface area contributed by atoms with Crippen LogP contribution in [0.5, 0.6) is 0 Å². The van der Waals surface area contributed by atoms with Gasteiger partial charge in [0.05, 0.1) is 11.7 Å². The Morgan fingerprint density at radius 1 is 1.05 bits per heavy atom. The monoisotopic (exact) mass is 624 g/mol. The molecule has 0 spiro atoms. The fourth-order valence-corrected chi connectivity index (χ4v) is 8.21. The predicted molar refractivity (Wildman–Crippen MR) is 169 cm³/mol. The number of benzene rings is 1. The number of nitrogens with one attached hydrogen (secondary N) is 4. The van der Waals surface area contributed by atoms with E-state index < -0.39 is 16.1 Å². The van der Waals surface area contributed by atoms with Crippen LogP contribution in [0.3, 0.4) is 0 Å². The van der Waals surface area contributed by atoms with Crippen LogP contribution >= 0.6 is 23.7 Å². The van der Waals surface area contributed by atoms with Gasteiger partial charge in [0, 0.05) is 29.3 Å². The molecule has 1 aromatic heterocycles. The standard InChI is InChI=1S/C30H44N4O4S2.ClH/c1-3-22-15-18-32-20-24(22)30(36)25(10-5-8-21-13-16-31-17-14-21)34-40(37,38)27-12-6-9-23(26-11-7-19-39-26)29(27)33-28(35)4-2;/h6-7,9,11-12,19,21-22,24-25,31-32,34H,3-5,8,10,13-18,20H2,1-2H3,(H,33,35);1H. The highest BCUT2D eigenvalue weighted by molar-refractivity contribution is 7.89. The molecular weight excluding hydrogens is 580 g/mol. The molecule has 1 aromatic carbocycles. The van der Waals surface area contributed by atoms with Crippen molar-refractivity contribution in [2.24, 2.45) is 17.8 Å². The molecule has 3 atom stereocenters. The minimum Gasteiger partial charge on any atom is -0.324 e. The lowest BCUT2D eigenvalue weighted by molar-refractivity contribution is -0.127. The molecule has 0 saturated carbocycles.